The second-order valence-electron chi connectivity index (χ2n) is 4.79. The van der Waals surface area contributed by atoms with Crippen LogP contribution in [0.25, 0.3) is 0 Å². The predicted octanol–water partition coefficient (Wildman–Crippen LogP) is 0.840. The Balaban J connectivity index is 2.60. The molecular formula is C11H20N2O2S. The summed E-state index contributed by atoms with van der Waals surface area (Å²) in [6, 6.07) is -0.0142. The predicted molar refractivity (Wildman–Crippen MR) is 67.1 cm³/mol. The van der Waals surface area contributed by atoms with Crippen molar-refractivity contribution in [1.82, 2.24) is 5.32 Å². The first-order valence-electron chi connectivity index (χ1n) is 5.52. The second-order valence-corrected chi connectivity index (χ2v) is 5.23. The quantitative estimate of drug-likeness (QED) is 0.703. The zero-order chi connectivity index (χ0) is 12.3. The number of hydrogen-bond donors (Lipinski definition) is 2. The summed E-state index contributed by atoms with van der Waals surface area (Å²) in [5, 5.41) is 2.89. The first-order valence-corrected chi connectivity index (χ1v) is 5.93. The van der Waals surface area contributed by atoms with Crippen LogP contribution in [0.2, 0.25) is 0 Å². The van der Waals surface area contributed by atoms with Gasteiger partial charge in [0, 0.05) is 13.2 Å². The minimum absolute atomic E-state index is 0.0142. The standard InChI is InChI=1S/C11H20N2O2S/c1-7-4-11(5-7,9(12)16)10(14)13-8(2)6-15-3/h7-8H,4-6H2,1-3H3,(H2,12,16)(H,13,14). The molecule has 92 valence electrons. The number of hydrogen-bond acceptors (Lipinski definition) is 3. The van der Waals surface area contributed by atoms with Gasteiger partial charge in [0.15, 0.2) is 0 Å². The second kappa shape index (κ2) is 5.10. The van der Waals surface area contributed by atoms with Crippen LogP contribution in [0.1, 0.15) is 26.7 Å². The highest BCUT2D eigenvalue weighted by Crippen LogP contribution is 2.46. The highest BCUT2D eigenvalue weighted by atomic mass is 32.1. The molecule has 1 atom stereocenters. The summed E-state index contributed by atoms with van der Waals surface area (Å²) in [6.45, 7) is 4.49. The first-order chi connectivity index (χ1) is 7.42. The van der Waals surface area contributed by atoms with Crippen LogP contribution in [0, 0.1) is 11.3 Å². The van der Waals surface area contributed by atoms with Crippen molar-refractivity contribution >= 4 is 23.1 Å². The lowest BCUT2D eigenvalue weighted by Crippen LogP contribution is -2.57. The Kier molecular flexibility index (Phi) is 4.27. The summed E-state index contributed by atoms with van der Waals surface area (Å²) < 4.78 is 4.97. The van der Waals surface area contributed by atoms with E-state index in [0.29, 0.717) is 17.5 Å². The minimum Gasteiger partial charge on any atom is -0.392 e. The number of rotatable bonds is 5. The molecule has 0 spiro atoms. The molecule has 1 rings (SSSR count). The summed E-state index contributed by atoms with van der Waals surface area (Å²) in [5.41, 5.74) is 5.07. The number of nitrogens with one attached hydrogen (secondary N) is 1. The lowest BCUT2D eigenvalue weighted by Gasteiger charge is -2.44. The molecule has 0 aromatic rings. The van der Waals surface area contributed by atoms with Crippen molar-refractivity contribution in [2.75, 3.05) is 13.7 Å². The molecule has 0 saturated heterocycles. The first kappa shape index (κ1) is 13.4. The van der Waals surface area contributed by atoms with Gasteiger partial charge in [-0.1, -0.05) is 19.1 Å². The molecule has 0 bridgehead atoms. The fraction of sp³-hybridized carbons (Fsp3) is 0.818. The third kappa shape index (κ3) is 2.52. The van der Waals surface area contributed by atoms with Gasteiger partial charge in [-0.2, -0.15) is 0 Å². The molecule has 1 fully saturated rings. The molecule has 16 heavy (non-hydrogen) atoms. The van der Waals surface area contributed by atoms with E-state index < -0.39 is 5.41 Å². The summed E-state index contributed by atoms with van der Waals surface area (Å²) >= 11 is 5.01. The average molecular weight is 244 g/mol. The summed E-state index contributed by atoms with van der Waals surface area (Å²) in [4.78, 5) is 12.4. The topological polar surface area (TPSA) is 64.3 Å². The molecule has 0 aromatic carbocycles. The third-order valence-electron chi connectivity index (χ3n) is 3.09. The molecule has 0 aromatic heterocycles. The number of amides is 1. The van der Waals surface area contributed by atoms with Crippen LogP contribution in [0.5, 0.6) is 0 Å². The van der Waals surface area contributed by atoms with Crippen LogP contribution in [-0.2, 0) is 9.53 Å². The van der Waals surface area contributed by atoms with Crippen LogP contribution in [0.4, 0.5) is 0 Å². The van der Waals surface area contributed by atoms with Crippen molar-refractivity contribution in [3.05, 3.63) is 0 Å². The summed E-state index contributed by atoms with van der Waals surface area (Å²) in [7, 11) is 1.61. The molecule has 0 aliphatic heterocycles. The van der Waals surface area contributed by atoms with Gasteiger partial charge in [-0.05, 0) is 25.7 Å². The van der Waals surface area contributed by atoms with E-state index in [1.807, 2.05) is 6.92 Å². The zero-order valence-electron chi connectivity index (χ0n) is 10.1. The molecule has 0 radical (unpaired) electrons. The molecular weight excluding hydrogens is 224 g/mol. The average Bonchev–Trinajstić information content (AvgIpc) is 2.11. The number of nitrogens with two attached hydrogens (primary N) is 1. The Morgan fingerprint density at radius 3 is 2.62 bits per heavy atom. The summed E-state index contributed by atoms with van der Waals surface area (Å²) in [5.74, 6) is 0.465. The lowest BCUT2D eigenvalue weighted by atomic mass is 9.62. The molecule has 3 N–H and O–H groups in total. The Bertz CT molecular complexity index is 288. The fourth-order valence-electron chi connectivity index (χ4n) is 2.28. The van der Waals surface area contributed by atoms with Crippen molar-refractivity contribution in [2.45, 2.75) is 32.7 Å². The number of carbonyl (C=O) groups excluding carboxylic acids is 1. The van der Waals surface area contributed by atoms with Gasteiger partial charge < -0.3 is 15.8 Å². The number of ether oxygens (including phenoxy) is 1. The van der Waals surface area contributed by atoms with E-state index >= 15 is 0 Å². The highest BCUT2D eigenvalue weighted by molar-refractivity contribution is 7.80. The van der Waals surface area contributed by atoms with E-state index in [9.17, 15) is 4.79 Å². The monoisotopic (exact) mass is 244 g/mol. The van der Waals surface area contributed by atoms with Crippen LogP contribution in [0.15, 0.2) is 0 Å². The molecule has 1 unspecified atom stereocenters. The number of carbonyl (C=O) groups is 1. The van der Waals surface area contributed by atoms with Gasteiger partial charge in [-0.25, -0.2) is 0 Å². The molecule has 4 nitrogen and oxygen atoms in total. The van der Waals surface area contributed by atoms with Crippen LogP contribution >= 0.6 is 12.2 Å². The Morgan fingerprint density at radius 2 is 2.25 bits per heavy atom. The van der Waals surface area contributed by atoms with Crippen molar-refractivity contribution in [3.63, 3.8) is 0 Å². The van der Waals surface area contributed by atoms with Gasteiger partial charge in [0.25, 0.3) is 0 Å². The van der Waals surface area contributed by atoms with E-state index in [1.54, 1.807) is 7.11 Å². The maximum absolute atomic E-state index is 12.1. The molecule has 1 aliphatic carbocycles. The maximum atomic E-state index is 12.1. The molecule has 0 heterocycles. The van der Waals surface area contributed by atoms with Crippen molar-refractivity contribution in [1.29, 1.82) is 0 Å². The molecule has 5 heteroatoms. The Morgan fingerprint density at radius 1 is 1.69 bits per heavy atom. The van der Waals surface area contributed by atoms with E-state index in [1.165, 1.54) is 0 Å². The van der Waals surface area contributed by atoms with Crippen molar-refractivity contribution in [3.8, 4) is 0 Å². The lowest BCUT2D eigenvalue weighted by molar-refractivity contribution is -0.133. The normalized spacial score (nSPS) is 30.3. The van der Waals surface area contributed by atoms with Gasteiger partial charge in [-0.15, -0.1) is 0 Å². The van der Waals surface area contributed by atoms with Crippen molar-refractivity contribution in [2.24, 2.45) is 17.1 Å². The van der Waals surface area contributed by atoms with Crippen molar-refractivity contribution < 1.29 is 9.53 Å². The van der Waals surface area contributed by atoms with Crippen LogP contribution < -0.4 is 11.1 Å². The summed E-state index contributed by atoms with van der Waals surface area (Å²) in [6.07, 6.45) is 1.52. The molecule has 1 aliphatic rings. The van der Waals surface area contributed by atoms with Gasteiger partial charge in [0.05, 0.1) is 17.0 Å². The fourth-order valence-corrected chi connectivity index (χ4v) is 2.54. The zero-order valence-corrected chi connectivity index (χ0v) is 10.9. The van der Waals surface area contributed by atoms with Crippen LogP contribution in [0.3, 0.4) is 0 Å². The van der Waals surface area contributed by atoms with E-state index in [0.717, 1.165) is 12.8 Å². The molecule has 1 amide bonds. The van der Waals surface area contributed by atoms with Gasteiger partial charge >= 0.3 is 0 Å². The number of thiocarbonyl (C=S) groups is 1. The largest absolute Gasteiger partial charge is 0.392 e. The number of methoxy groups -OCH3 is 1. The van der Waals surface area contributed by atoms with Gasteiger partial charge in [0.2, 0.25) is 5.91 Å². The van der Waals surface area contributed by atoms with E-state index in [2.05, 4.69) is 12.2 Å². The minimum atomic E-state index is -0.614. The van der Waals surface area contributed by atoms with E-state index in [4.69, 9.17) is 22.7 Å². The SMILES string of the molecule is COCC(C)NC(=O)C1(C(N)=S)CC(C)C1. The highest BCUT2D eigenvalue weighted by Gasteiger charge is 2.50. The van der Waals surface area contributed by atoms with Gasteiger partial charge in [0.1, 0.15) is 0 Å². The Labute approximate surface area is 102 Å². The van der Waals surface area contributed by atoms with Crippen LogP contribution in [-0.4, -0.2) is 30.7 Å². The molecule has 1 saturated carbocycles. The maximum Gasteiger partial charge on any atom is 0.233 e. The van der Waals surface area contributed by atoms with E-state index in [-0.39, 0.29) is 11.9 Å². The third-order valence-corrected chi connectivity index (χ3v) is 3.49. The Hall–Kier alpha value is -0.680. The smallest absolute Gasteiger partial charge is 0.233 e. The van der Waals surface area contributed by atoms with Gasteiger partial charge in [-0.3, -0.25) is 4.79 Å².